The number of carbonyl (C=O) groups excluding carboxylic acids is 1. The smallest absolute Gasteiger partial charge is 0.203 e. The topological polar surface area (TPSA) is 72.5 Å². The number of Topliss-reactive ketones (excluding diaryl/α,β-unsaturated/α-hetero) is 1. The summed E-state index contributed by atoms with van der Waals surface area (Å²) in [6.07, 6.45) is 0. The van der Waals surface area contributed by atoms with Crippen molar-refractivity contribution < 1.29 is 33.2 Å². The zero-order chi connectivity index (χ0) is 19.6. The molecule has 0 amide bonds. The Labute approximate surface area is 157 Å². The molecule has 0 saturated carbocycles. The number of methoxy groups -OCH3 is 5. The second-order valence-corrected chi connectivity index (χ2v) is 5.85. The number of fused-ring (bicyclic) bond motifs is 1. The molecule has 1 aliphatic rings. The fourth-order valence-corrected chi connectivity index (χ4v) is 3.25. The molecule has 0 fully saturated rings. The van der Waals surface area contributed by atoms with Crippen LogP contribution in [0.1, 0.15) is 21.8 Å². The van der Waals surface area contributed by atoms with E-state index in [4.69, 9.17) is 28.4 Å². The van der Waals surface area contributed by atoms with E-state index in [1.54, 1.807) is 38.5 Å². The van der Waals surface area contributed by atoms with Crippen molar-refractivity contribution in [2.45, 2.75) is 5.92 Å². The van der Waals surface area contributed by atoms with E-state index < -0.39 is 5.92 Å². The summed E-state index contributed by atoms with van der Waals surface area (Å²) in [7, 11) is 7.63. The molecule has 0 saturated heterocycles. The maximum Gasteiger partial charge on any atom is 0.203 e. The first-order valence-corrected chi connectivity index (χ1v) is 8.31. The Kier molecular flexibility index (Phi) is 5.30. The first-order chi connectivity index (χ1) is 13.1. The van der Waals surface area contributed by atoms with Gasteiger partial charge in [-0.1, -0.05) is 6.07 Å². The van der Waals surface area contributed by atoms with E-state index in [1.807, 2.05) is 0 Å². The number of hydrogen-bond donors (Lipinski definition) is 0. The molecule has 0 radical (unpaired) electrons. The summed E-state index contributed by atoms with van der Waals surface area (Å²) in [5.74, 6) is 2.08. The maximum atomic E-state index is 13.3. The highest BCUT2D eigenvalue weighted by Crippen LogP contribution is 2.47. The number of rotatable bonds is 6. The molecule has 144 valence electrons. The SMILES string of the molecule is COc1cc(OC)c2c(c1)OC[C@H](c1ccc(OC)c(OC)c1OC)C2=O. The van der Waals surface area contributed by atoms with Gasteiger partial charge in [-0.25, -0.2) is 0 Å². The summed E-state index contributed by atoms with van der Waals surface area (Å²) >= 11 is 0. The number of benzene rings is 2. The first-order valence-electron chi connectivity index (χ1n) is 8.31. The molecule has 2 aromatic rings. The Hall–Kier alpha value is -3.09. The highest BCUT2D eigenvalue weighted by Gasteiger charge is 2.36. The molecule has 2 aromatic carbocycles. The summed E-state index contributed by atoms with van der Waals surface area (Å²) in [5.41, 5.74) is 1.04. The van der Waals surface area contributed by atoms with E-state index in [0.29, 0.717) is 45.6 Å². The molecule has 0 unspecified atom stereocenters. The number of carbonyl (C=O) groups is 1. The van der Waals surface area contributed by atoms with Crippen molar-refractivity contribution in [1.82, 2.24) is 0 Å². The van der Waals surface area contributed by atoms with Gasteiger partial charge in [0.05, 0.1) is 41.5 Å². The Morgan fingerprint density at radius 3 is 2.15 bits per heavy atom. The van der Waals surface area contributed by atoms with Crippen LogP contribution in [-0.4, -0.2) is 47.9 Å². The van der Waals surface area contributed by atoms with Gasteiger partial charge in [-0.15, -0.1) is 0 Å². The molecule has 1 atom stereocenters. The van der Waals surface area contributed by atoms with E-state index >= 15 is 0 Å². The lowest BCUT2D eigenvalue weighted by Gasteiger charge is -2.27. The molecule has 7 heteroatoms. The molecule has 0 bridgehead atoms. The van der Waals surface area contributed by atoms with Crippen molar-refractivity contribution in [2.75, 3.05) is 42.2 Å². The fraction of sp³-hybridized carbons (Fsp3) is 0.350. The van der Waals surface area contributed by atoms with E-state index in [9.17, 15) is 4.79 Å². The monoisotopic (exact) mass is 374 g/mol. The highest BCUT2D eigenvalue weighted by molar-refractivity contribution is 6.07. The molecule has 1 aliphatic heterocycles. The predicted octanol–water partition coefficient (Wildman–Crippen LogP) is 3.09. The van der Waals surface area contributed by atoms with Crippen LogP contribution in [0.5, 0.6) is 34.5 Å². The molecular weight excluding hydrogens is 352 g/mol. The van der Waals surface area contributed by atoms with Gasteiger partial charge in [0.1, 0.15) is 29.4 Å². The minimum atomic E-state index is -0.574. The number of hydrogen-bond acceptors (Lipinski definition) is 7. The lowest BCUT2D eigenvalue weighted by Crippen LogP contribution is -2.27. The standard InChI is InChI=1S/C20H22O7/c1-22-11-8-15(24-3)17-16(9-11)27-10-13(18(17)21)12-6-7-14(23-2)20(26-5)19(12)25-4/h6-9,13H,10H2,1-5H3/t13-/m1/s1. The van der Waals surface area contributed by atoms with Crippen molar-refractivity contribution in [2.24, 2.45) is 0 Å². The summed E-state index contributed by atoms with van der Waals surface area (Å²) in [5, 5.41) is 0. The third kappa shape index (κ3) is 3.09. The summed E-state index contributed by atoms with van der Waals surface area (Å²) in [6.45, 7) is 0.161. The Morgan fingerprint density at radius 2 is 1.56 bits per heavy atom. The average Bonchev–Trinajstić information content (AvgIpc) is 2.71. The molecule has 0 spiro atoms. The number of ether oxygens (including phenoxy) is 6. The summed E-state index contributed by atoms with van der Waals surface area (Å²) in [4.78, 5) is 13.3. The van der Waals surface area contributed by atoms with E-state index in [0.717, 1.165) is 0 Å². The lowest BCUT2D eigenvalue weighted by atomic mass is 9.87. The Balaban J connectivity index is 2.11. The quantitative estimate of drug-likeness (QED) is 0.769. The molecule has 0 N–H and O–H groups in total. The minimum Gasteiger partial charge on any atom is -0.496 e. The highest BCUT2D eigenvalue weighted by atomic mass is 16.5. The van der Waals surface area contributed by atoms with E-state index in [2.05, 4.69) is 0 Å². The zero-order valence-electron chi connectivity index (χ0n) is 16.0. The van der Waals surface area contributed by atoms with Gasteiger partial charge in [-0.05, 0) is 6.07 Å². The van der Waals surface area contributed by atoms with Crippen molar-refractivity contribution in [3.05, 3.63) is 35.4 Å². The van der Waals surface area contributed by atoms with E-state index in [-0.39, 0.29) is 12.4 Å². The molecular formula is C20H22O7. The van der Waals surface area contributed by atoms with Gasteiger partial charge in [0.2, 0.25) is 5.75 Å². The Morgan fingerprint density at radius 1 is 0.852 bits per heavy atom. The maximum absolute atomic E-state index is 13.3. The molecule has 7 nitrogen and oxygen atoms in total. The minimum absolute atomic E-state index is 0.124. The molecule has 0 aromatic heterocycles. The van der Waals surface area contributed by atoms with Gasteiger partial charge in [-0.3, -0.25) is 4.79 Å². The predicted molar refractivity (Wildman–Crippen MR) is 98.2 cm³/mol. The van der Waals surface area contributed by atoms with Crippen LogP contribution in [0.2, 0.25) is 0 Å². The van der Waals surface area contributed by atoms with Crippen molar-refractivity contribution in [1.29, 1.82) is 0 Å². The van der Waals surface area contributed by atoms with E-state index in [1.165, 1.54) is 21.3 Å². The molecule has 27 heavy (non-hydrogen) atoms. The second kappa shape index (κ2) is 7.65. The molecule has 0 aliphatic carbocycles. The third-order valence-corrected chi connectivity index (χ3v) is 4.57. The van der Waals surface area contributed by atoms with Crippen LogP contribution in [0.3, 0.4) is 0 Å². The summed E-state index contributed by atoms with van der Waals surface area (Å²) < 4.78 is 32.8. The van der Waals surface area contributed by atoms with Crippen molar-refractivity contribution in [3.8, 4) is 34.5 Å². The van der Waals surface area contributed by atoms with Crippen LogP contribution in [0.4, 0.5) is 0 Å². The van der Waals surface area contributed by atoms with Crippen LogP contribution < -0.4 is 28.4 Å². The second-order valence-electron chi connectivity index (χ2n) is 5.85. The van der Waals surface area contributed by atoms with Crippen LogP contribution in [0.15, 0.2) is 24.3 Å². The first kappa shape index (κ1) is 18.7. The Bertz CT molecular complexity index is 843. The third-order valence-electron chi connectivity index (χ3n) is 4.57. The van der Waals surface area contributed by atoms with Gasteiger partial charge in [0.25, 0.3) is 0 Å². The van der Waals surface area contributed by atoms with Gasteiger partial charge >= 0.3 is 0 Å². The van der Waals surface area contributed by atoms with Gasteiger partial charge in [0, 0.05) is 17.7 Å². The lowest BCUT2D eigenvalue weighted by molar-refractivity contribution is 0.0889. The van der Waals surface area contributed by atoms with Crippen LogP contribution in [0, 0.1) is 0 Å². The normalized spacial score (nSPS) is 15.4. The van der Waals surface area contributed by atoms with Crippen LogP contribution in [0.25, 0.3) is 0 Å². The molecule has 3 rings (SSSR count). The van der Waals surface area contributed by atoms with Gasteiger partial charge in [0.15, 0.2) is 17.3 Å². The fourth-order valence-electron chi connectivity index (χ4n) is 3.25. The summed E-state index contributed by atoms with van der Waals surface area (Å²) in [6, 6.07) is 6.87. The van der Waals surface area contributed by atoms with Crippen LogP contribution in [-0.2, 0) is 0 Å². The largest absolute Gasteiger partial charge is 0.496 e. The van der Waals surface area contributed by atoms with Crippen molar-refractivity contribution in [3.63, 3.8) is 0 Å². The average molecular weight is 374 g/mol. The van der Waals surface area contributed by atoms with Gasteiger partial charge < -0.3 is 28.4 Å². The van der Waals surface area contributed by atoms with Crippen LogP contribution >= 0.6 is 0 Å². The van der Waals surface area contributed by atoms with Crippen molar-refractivity contribution >= 4 is 5.78 Å². The number of ketones is 1. The molecule has 1 heterocycles. The zero-order valence-corrected chi connectivity index (χ0v) is 16.0. The van der Waals surface area contributed by atoms with Gasteiger partial charge in [-0.2, -0.15) is 0 Å².